The van der Waals surface area contributed by atoms with Crippen molar-refractivity contribution in [1.29, 1.82) is 0 Å². The Hall–Kier alpha value is -2.90. The maximum atomic E-state index is 12.5. The smallest absolute Gasteiger partial charge is 0.311 e. The molecule has 0 aliphatic carbocycles. The highest BCUT2D eigenvalue weighted by molar-refractivity contribution is 7.45. The lowest BCUT2D eigenvalue weighted by Gasteiger charge is -2.28. The van der Waals surface area contributed by atoms with Gasteiger partial charge in [0, 0.05) is 31.4 Å². The molecule has 0 spiro atoms. The molecule has 0 bridgehead atoms. The van der Waals surface area contributed by atoms with Gasteiger partial charge in [-0.15, -0.1) is 0 Å². The van der Waals surface area contributed by atoms with E-state index in [-0.39, 0.29) is 43.7 Å². The monoisotopic (exact) mass is 646 g/mol. The SMILES string of the molecule is CCCCCCCCCC(=O)OC[C@@H](COP(=O)([O-])OCC[N+](C)(C)C)OC(=O)CCCC(=O)Oc1ccc([N+](=O)[O-])cc1. The predicted molar refractivity (Wildman–Crippen MR) is 158 cm³/mol. The zero-order chi connectivity index (χ0) is 33.0. The summed E-state index contributed by atoms with van der Waals surface area (Å²) >= 11 is 0. The van der Waals surface area contributed by atoms with E-state index in [1.54, 1.807) is 0 Å². The maximum Gasteiger partial charge on any atom is 0.311 e. The van der Waals surface area contributed by atoms with Crippen LogP contribution in [0, 0.1) is 10.1 Å². The van der Waals surface area contributed by atoms with Gasteiger partial charge < -0.3 is 32.6 Å². The molecule has 0 heterocycles. The van der Waals surface area contributed by atoms with Gasteiger partial charge in [-0.05, 0) is 25.0 Å². The number of quaternary nitrogens is 1. The van der Waals surface area contributed by atoms with Crippen LogP contribution in [0.25, 0.3) is 0 Å². The number of esters is 3. The normalized spacial score (nSPS) is 13.5. The zero-order valence-corrected chi connectivity index (χ0v) is 27.1. The Labute approximate surface area is 259 Å². The van der Waals surface area contributed by atoms with E-state index in [1.807, 2.05) is 21.1 Å². The number of rotatable bonds is 24. The molecule has 44 heavy (non-hydrogen) atoms. The van der Waals surface area contributed by atoms with Crippen molar-refractivity contribution in [1.82, 2.24) is 0 Å². The number of likely N-dealkylation sites (N-methyl/N-ethyl adjacent to an activating group) is 1. The first kappa shape index (κ1) is 39.1. The lowest BCUT2D eigenvalue weighted by Crippen LogP contribution is -2.37. The van der Waals surface area contributed by atoms with E-state index >= 15 is 0 Å². The summed E-state index contributed by atoms with van der Waals surface area (Å²) in [5.74, 6) is -1.82. The quantitative estimate of drug-likeness (QED) is 0.0293. The van der Waals surface area contributed by atoms with Crippen molar-refractivity contribution >= 4 is 31.4 Å². The Kier molecular flexibility index (Phi) is 18.6. The second kappa shape index (κ2) is 20.9. The van der Waals surface area contributed by atoms with Gasteiger partial charge in [0.2, 0.25) is 0 Å². The van der Waals surface area contributed by atoms with E-state index in [4.69, 9.17) is 23.3 Å². The van der Waals surface area contributed by atoms with Gasteiger partial charge in [-0.2, -0.15) is 0 Å². The number of unbranched alkanes of at least 4 members (excludes halogenated alkanes) is 6. The largest absolute Gasteiger partial charge is 0.756 e. The average Bonchev–Trinajstić information content (AvgIpc) is 2.93. The molecule has 0 aliphatic rings. The highest BCUT2D eigenvalue weighted by atomic mass is 31.2. The summed E-state index contributed by atoms with van der Waals surface area (Å²) in [6, 6.07) is 4.95. The second-order valence-electron chi connectivity index (χ2n) is 11.3. The summed E-state index contributed by atoms with van der Waals surface area (Å²) in [7, 11) is 0.876. The number of nitro groups is 1. The van der Waals surface area contributed by atoms with Crippen molar-refractivity contribution in [3.63, 3.8) is 0 Å². The number of nitro benzene ring substituents is 1. The summed E-state index contributed by atoms with van der Waals surface area (Å²) < 4.78 is 38.1. The Morgan fingerprint density at radius 3 is 2.05 bits per heavy atom. The molecule has 250 valence electrons. The van der Waals surface area contributed by atoms with Gasteiger partial charge in [-0.3, -0.25) is 29.1 Å². The number of hydrogen-bond donors (Lipinski definition) is 0. The van der Waals surface area contributed by atoms with Crippen molar-refractivity contribution in [2.24, 2.45) is 0 Å². The molecule has 0 N–H and O–H groups in total. The van der Waals surface area contributed by atoms with E-state index in [1.165, 1.54) is 30.7 Å². The first-order chi connectivity index (χ1) is 20.7. The average molecular weight is 647 g/mol. The Morgan fingerprint density at radius 1 is 0.841 bits per heavy atom. The molecule has 0 amide bonds. The topological polar surface area (TPSA) is 181 Å². The first-order valence-electron chi connectivity index (χ1n) is 14.9. The number of non-ortho nitro benzene ring substituents is 1. The highest BCUT2D eigenvalue weighted by Gasteiger charge is 2.22. The molecule has 0 saturated heterocycles. The minimum absolute atomic E-state index is 0.0461. The number of benzene rings is 1. The van der Waals surface area contributed by atoms with Crippen LogP contribution in [0.2, 0.25) is 0 Å². The van der Waals surface area contributed by atoms with Crippen LogP contribution in [0.4, 0.5) is 5.69 Å². The molecule has 1 unspecified atom stereocenters. The zero-order valence-electron chi connectivity index (χ0n) is 26.2. The molecule has 0 aliphatic heterocycles. The van der Waals surface area contributed by atoms with Crippen LogP contribution in [-0.4, -0.2) is 80.9 Å². The van der Waals surface area contributed by atoms with Crippen LogP contribution < -0.4 is 9.63 Å². The Morgan fingerprint density at radius 2 is 1.43 bits per heavy atom. The molecule has 1 rings (SSSR count). The van der Waals surface area contributed by atoms with Crippen LogP contribution in [0.1, 0.15) is 77.6 Å². The molecule has 14 nitrogen and oxygen atoms in total. The van der Waals surface area contributed by atoms with Crippen LogP contribution in [0.3, 0.4) is 0 Å². The van der Waals surface area contributed by atoms with Gasteiger partial charge in [0.15, 0.2) is 6.10 Å². The number of phosphoric ester groups is 1. The van der Waals surface area contributed by atoms with Crippen molar-refractivity contribution in [3.05, 3.63) is 34.4 Å². The van der Waals surface area contributed by atoms with Gasteiger partial charge in [0.1, 0.15) is 25.5 Å². The van der Waals surface area contributed by atoms with E-state index in [9.17, 15) is 34.0 Å². The van der Waals surface area contributed by atoms with Gasteiger partial charge in [-0.1, -0.05) is 45.4 Å². The highest BCUT2D eigenvalue weighted by Crippen LogP contribution is 2.38. The van der Waals surface area contributed by atoms with Gasteiger partial charge in [-0.25, -0.2) is 0 Å². The lowest BCUT2D eigenvalue weighted by molar-refractivity contribution is -0.870. The van der Waals surface area contributed by atoms with Crippen LogP contribution in [0.5, 0.6) is 5.75 Å². The summed E-state index contributed by atoms with van der Waals surface area (Å²) in [6.07, 6.45) is 5.81. The molecule has 0 saturated carbocycles. The van der Waals surface area contributed by atoms with Crippen LogP contribution >= 0.6 is 7.82 Å². The van der Waals surface area contributed by atoms with Gasteiger partial charge in [0.05, 0.1) is 32.7 Å². The maximum absolute atomic E-state index is 12.5. The molecule has 1 aromatic carbocycles. The minimum atomic E-state index is -4.72. The fraction of sp³-hybridized carbons (Fsp3) is 0.690. The minimum Gasteiger partial charge on any atom is -0.756 e. The second-order valence-corrected chi connectivity index (χ2v) is 12.7. The van der Waals surface area contributed by atoms with E-state index in [2.05, 4.69) is 6.92 Å². The molecular weight excluding hydrogens is 599 g/mol. The summed E-state index contributed by atoms with van der Waals surface area (Å²) in [4.78, 5) is 59.1. The summed E-state index contributed by atoms with van der Waals surface area (Å²) in [5, 5.41) is 10.7. The Balaban J connectivity index is 2.57. The van der Waals surface area contributed by atoms with Crippen molar-refractivity contribution in [2.45, 2.75) is 83.7 Å². The lowest BCUT2D eigenvalue weighted by atomic mass is 10.1. The molecule has 15 heteroatoms. The van der Waals surface area contributed by atoms with Crippen molar-refractivity contribution < 1.29 is 56.5 Å². The predicted octanol–water partition coefficient (Wildman–Crippen LogP) is 4.47. The number of ether oxygens (including phenoxy) is 3. The van der Waals surface area contributed by atoms with Crippen molar-refractivity contribution in [3.8, 4) is 5.75 Å². The van der Waals surface area contributed by atoms with Crippen LogP contribution in [0.15, 0.2) is 24.3 Å². The third-order valence-electron chi connectivity index (χ3n) is 6.18. The Bertz CT molecular complexity index is 1080. The molecular formula is C29H47N2O12P. The fourth-order valence-electron chi connectivity index (χ4n) is 3.68. The van der Waals surface area contributed by atoms with E-state index in [0.29, 0.717) is 17.4 Å². The third-order valence-corrected chi connectivity index (χ3v) is 7.15. The molecule has 1 aromatic rings. The molecule has 0 fully saturated rings. The van der Waals surface area contributed by atoms with E-state index < -0.39 is 50.0 Å². The summed E-state index contributed by atoms with van der Waals surface area (Å²) in [6.45, 7) is 1.39. The number of hydrogen-bond acceptors (Lipinski definition) is 12. The number of nitrogens with zero attached hydrogens (tertiary/aromatic N) is 2. The van der Waals surface area contributed by atoms with Gasteiger partial charge in [0.25, 0.3) is 13.5 Å². The fourth-order valence-corrected chi connectivity index (χ4v) is 4.41. The third kappa shape index (κ3) is 20.1. The van der Waals surface area contributed by atoms with E-state index in [0.717, 1.165) is 32.1 Å². The number of phosphoric acid groups is 1. The van der Waals surface area contributed by atoms with Gasteiger partial charge >= 0.3 is 17.9 Å². The molecule has 2 atom stereocenters. The standard InChI is InChI=1S/C29H47N2O12P/c1-5-6-7-8-9-10-11-13-27(32)39-22-26(23-41-44(37,38)40-21-20-31(2,3)4)43-29(34)15-12-14-28(33)42-25-18-16-24(17-19-25)30(35)36/h16-19,26H,5-15,20-23H2,1-4H3/t26-/m0/s1. The number of carbonyl (C=O) groups excluding carboxylic acids is 3. The number of carbonyl (C=O) groups is 3. The summed E-state index contributed by atoms with van der Waals surface area (Å²) in [5.41, 5.74) is -0.154. The molecule has 0 radical (unpaired) electrons. The molecule has 0 aromatic heterocycles. The van der Waals surface area contributed by atoms with Crippen LogP contribution in [-0.2, 0) is 37.5 Å². The van der Waals surface area contributed by atoms with Crippen molar-refractivity contribution in [2.75, 3.05) is 47.5 Å². The first-order valence-corrected chi connectivity index (χ1v) is 16.4.